The van der Waals surface area contributed by atoms with Gasteiger partial charge in [0.2, 0.25) is 0 Å². The number of carboxylic acid groups (broad SMARTS) is 2. The number of rotatable bonds is 6. The predicted molar refractivity (Wildman–Crippen MR) is 76.6 cm³/mol. The maximum Gasteiger partial charge on any atom is 0.332 e. The summed E-state index contributed by atoms with van der Waals surface area (Å²) >= 11 is 0. The van der Waals surface area contributed by atoms with Crippen LogP contribution in [0.4, 0.5) is 0 Å². The van der Waals surface area contributed by atoms with E-state index in [1.165, 1.54) is 0 Å². The van der Waals surface area contributed by atoms with Crippen molar-refractivity contribution >= 4 is 11.9 Å². The Bertz CT molecular complexity index is 515. The zero-order chi connectivity index (χ0) is 15.3. The van der Waals surface area contributed by atoms with Crippen LogP contribution in [0.1, 0.15) is 38.7 Å². The summed E-state index contributed by atoms with van der Waals surface area (Å²) in [5, 5.41) is 18.8. The normalized spacial score (nSPS) is 13.8. The molecule has 0 saturated heterocycles. The summed E-state index contributed by atoms with van der Waals surface area (Å²) in [6, 6.07) is 9.16. The molecule has 0 fully saturated rings. The second kappa shape index (κ2) is 6.89. The Labute approximate surface area is 118 Å². The highest BCUT2D eigenvalue weighted by molar-refractivity contribution is 6.00. The van der Waals surface area contributed by atoms with Crippen molar-refractivity contribution in [3.05, 3.63) is 47.0 Å². The summed E-state index contributed by atoms with van der Waals surface area (Å²) in [6.45, 7) is 5.26. The summed E-state index contributed by atoms with van der Waals surface area (Å²) in [4.78, 5) is 23.0. The summed E-state index contributed by atoms with van der Waals surface area (Å²) in [5.41, 5.74) is 0.793. The Morgan fingerprint density at radius 1 is 1.00 bits per heavy atom. The molecular formula is C16H20O4. The molecule has 4 heteroatoms. The molecule has 1 aromatic rings. The van der Waals surface area contributed by atoms with Gasteiger partial charge in [-0.3, -0.25) is 0 Å². The zero-order valence-electron chi connectivity index (χ0n) is 12.0. The Hall–Kier alpha value is -2.10. The van der Waals surface area contributed by atoms with Crippen LogP contribution >= 0.6 is 0 Å². The van der Waals surface area contributed by atoms with E-state index in [4.69, 9.17) is 0 Å². The molecule has 0 bridgehead atoms. The van der Waals surface area contributed by atoms with Crippen LogP contribution in [-0.2, 0) is 9.59 Å². The SMILES string of the molecule is CCC(C(C(=O)O)=C(C(=O)O)C(C)C)c1ccccc1. The van der Waals surface area contributed by atoms with E-state index in [-0.39, 0.29) is 17.1 Å². The molecule has 0 aliphatic carbocycles. The van der Waals surface area contributed by atoms with Crippen LogP contribution in [0.25, 0.3) is 0 Å². The first-order valence-electron chi connectivity index (χ1n) is 6.65. The number of aliphatic carboxylic acids is 2. The predicted octanol–water partition coefficient (Wildman–Crippen LogP) is 3.30. The lowest BCUT2D eigenvalue weighted by Gasteiger charge is -2.20. The number of carboxylic acids is 2. The second-order valence-corrected chi connectivity index (χ2v) is 4.96. The van der Waals surface area contributed by atoms with Crippen molar-refractivity contribution in [2.24, 2.45) is 5.92 Å². The second-order valence-electron chi connectivity index (χ2n) is 4.96. The van der Waals surface area contributed by atoms with E-state index in [0.717, 1.165) is 5.56 Å². The maximum absolute atomic E-state index is 11.6. The van der Waals surface area contributed by atoms with Crippen LogP contribution < -0.4 is 0 Å². The van der Waals surface area contributed by atoms with Gasteiger partial charge in [-0.15, -0.1) is 0 Å². The molecule has 1 unspecified atom stereocenters. The molecule has 1 atom stereocenters. The standard InChI is InChI=1S/C16H20O4/c1-4-12(11-8-6-5-7-9-11)14(16(19)20)13(10(2)3)15(17)18/h5-10,12H,4H2,1-3H3,(H,17,18)(H,19,20). The van der Waals surface area contributed by atoms with Gasteiger partial charge in [0.15, 0.2) is 0 Å². The molecule has 0 saturated carbocycles. The van der Waals surface area contributed by atoms with Crippen LogP contribution in [0.15, 0.2) is 41.5 Å². The molecule has 0 aromatic heterocycles. The minimum absolute atomic E-state index is 0.0128. The maximum atomic E-state index is 11.6. The molecule has 1 rings (SSSR count). The van der Waals surface area contributed by atoms with E-state index in [0.29, 0.717) is 6.42 Å². The lowest BCUT2D eigenvalue weighted by atomic mass is 9.83. The summed E-state index contributed by atoms with van der Waals surface area (Å²) in [7, 11) is 0. The van der Waals surface area contributed by atoms with Crippen LogP contribution in [-0.4, -0.2) is 22.2 Å². The molecule has 0 spiro atoms. The number of hydrogen-bond acceptors (Lipinski definition) is 2. The van der Waals surface area contributed by atoms with Crippen molar-refractivity contribution in [1.29, 1.82) is 0 Å². The Kier molecular flexibility index (Phi) is 5.50. The van der Waals surface area contributed by atoms with Crippen LogP contribution in [0.5, 0.6) is 0 Å². The van der Waals surface area contributed by atoms with E-state index in [2.05, 4.69) is 0 Å². The van der Waals surface area contributed by atoms with Gasteiger partial charge in [0.1, 0.15) is 0 Å². The third kappa shape index (κ3) is 3.47. The quantitative estimate of drug-likeness (QED) is 0.782. The fourth-order valence-corrected chi connectivity index (χ4v) is 2.42. The van der Waals surface area contributed by atoms with E-state index in [9.17, 15) is 19.8 Å². The Morgan fingerprint density at radius 3 is 1.85 bits per heavy atom. The first kappa shape index (κ1) is 16.0. The third-order valence-electron chi connectivity index (χ3n) is 3.29. The topological polar surface area (TPSA) is 74.6 Å². The highest BCUT2D eigenvalue weighted by Gasteiger charge is 2.29. The van der Waals surface area contributed by atoms with Crippen LogP contribution in [0.2, 0.25) is 0 Å². The molecule has 0 amide bonds. The van der Waals surface area contributed by atoms with Gasteiger partial charge in [-0.05, 0) is 17.9 Å². The molecular weight excluding hydrogens is 256 g/mol. The third-order valence-corrected chi connectivity index (χ3v) is 3.29. The summed E-state index contributed by atoms with van der Waals surface area (Å²) < 4.78 is 0. The first-order chi connectivity index (χ1) is 9.40. The van der Waals surface area contributed by atoms with E-state index in [1.807, 2.05) is 37.3 Å². The molecule has 0 aliphatic heterocycles. The van der Waals surface area contributed by atoms with Crippen molar-refractivity contribution < 1.29 is 19.8 Å². The van der Waals surface area contributed by atoms with Gasteiger partial charge < -0.3 is 10.2 Å². The lowest BCUT2D eigenvalue weighted by Crippen LogP contribution is -2.20. The molecule has 2 N–H and O–H groups in total. The van der Waals surface area contributed by atoms with Gasteiger partial charge in [0.25, 0.3) is 0 Å². The summed E-state index contributed by atoms with van der Waals surface area (Å²) in [5.74, 6) is -3.09. The number of hydrogen-bond donors (Lipinski definition) is 2. The largest absolute Gasteiger partial charge is 0.478 e. The smallest absolute Gasteiger partial charge is 0.332 e. The van der Waals surface area contributed by atoms with Crippen molar-refractivity contribution in [2.75, 3.05) is 0 Å². The van der Waals surface area contributed by atoms with Crippen molar-refractivity contribution in [1.82, 2.24) is 0 Å². The van der Waals surface area contributed by atoms with E-state index < -0.39 is 17.9 Å². The monoisotopic (exact) mass is 276 g/mol. The van der Waals surface area contributed by atoms with Gasteiger partial charge in [0.05, 0.1) is 11.1 Å². The molecule has 4 nitrogen and oxygen atoms in total. The first-order valence-corrected chi connectivity index (χ1v) is 6.65. The lowest BCUT2D eigenvalue weighted by molar-refractivity contribution is -0.136. The zero-order valence-corrected chi connectivity index (χ0v) is 12.0. The molecule has 1 aromatic carbocycles. The minimum atomic E-state index is -1.16. The minimum Gasteiger partial charge on any atom is -0.478 e. The highest BCUT2D eigenvalue weighted by atomic mass is 16.4. The van der Waals surface area contributed by atoms with Gasteiger partial charge >= 0.3 is 11.9 Å². The Morgan fingerprint density at radius 2 is 1.50 bits per heavy atom. The van der Waals surface area contributed by atoms with Gasteiger partial charge in [-0.25, -0.2) is 9.59 Å². The van der Waals surface area contributed by atoms with E-state index >= 15 is 0 Å². The van der Waals surface area contributed by atoms with Crippen molar-refractivity contribution in [3.63, 3.8) is 0 Å². The van der Waals surface area contributed by atoms with Crippen LogP contribution in [0.3, 0.4) is 0 Å². The number of benzene rings is 1. The molecule has 0 radical (unpaired) electrons. The molecule has 0 aliphatic rings. The van der Waals surface area contributed by atoms with Crippen molar-refractivity contribution in [3.8, 4) is 0 Å². The summed E-state index contributed by atoms with van der Waals surface area (Å²) in [6.07, 6.45) is 0.537. The highest BCUT2D eigenvalue weighted by Crippen LogP contribution is 2.32. The Balaban J connectivity index is 3.49. The number of carbonyl (C=O) groups is 2. The fourth-order valence-electron chi connectivity index (χ4n) is 2.42. The fraction of sp³-hybridized carbons (Fsp3) is 0.375. The molecule has 20 heavy (non-hydrogen) atoms. The average molecular weight is 276 g/mol. The average Bonchev–Trinajstić information content (AvgIpc) is 2.38. The molecule has 108 valence electrons. The van der Waals surface area contributed by atoms with E-state index in [1.54, 1.807) is 13.8 Å². The van der Waals surface area contributed by atoms with Crippen LogP contribution in [0, 0.1) is 5.92 Å². The van der Waals surface area contributed by atoms with Gasteiger partial charge in [0, 0.05) is 5.92 Å². The molecule has 0 heterocycles. The van der Waals surface area contributed by atoms with Crippen molar-refractivity contribution in [2.45, 2.75) is 33.1 Å². The van der Waals surface area contributed by atoms with Gasteiger partial charge in [-0.1, -0.05) is 51.1 Å². The van der Waals surface area contributed by atoms with Gasteiger partial charge in [-0.2, -0.15) is 0 Å².